The Bertz CT molecular complexity index is 1180. The minimum atomic E-state index is -3.88. The topological polar surface area (TPSA) is 165 Å². The fraction of sp³-hybridized carbons (Fsp3) is 0.886. The van der Waals surface area contributed by atoms with E-state index in [1.165, 1.54) is 11.3 Å². The van der Waals surface area contributed by atoms with Crippen molar-refractivity contribution < 1.29 is 32.7 Å². The van der Waals surface area contributed by atoms with Gasteiger partial charge in [0.25, 0.3) is 0 Å². The SMILES string of the molecule is CC(C)CCN(CC(=O)C(C)(C)NC1CCC(NC(=O)NC2CCCCC2C)CC1)C(=O)CN(CCC(=O)O)S(=O)(=O)C1CCCCC1. The van der Waals surface area contributed by atoms with Crippen molar-refractivity contribution in [3.05, 3.63) is 0 Å². The van der Waals surface area contributed by atoms with Crippen molar-refractivity contribution in [2.75, 3.05) is 26.2 Å². The third kappa shape index (κ3) is 12.6. The first-order valence-corrected chi connectivity index (χ1v) is 19.9. The van der Waals surface area contributed by atoms with Crippen LogP contribution >= 0.6 is 0 Å². The molecule has 0 aliphatic heterocycles. The molecule has 2 atom stereocenters. The molecular weight excluding hydrogens is 634 g/mol. The summed E-state index contributed by atoms with van der Waals surface area (Å²) in [5, 5.41) is 18.5. The van der Waals surface area contributed by atoms with E-state index in [2.05, 4.69) is 22.9 Å². The third-order valence-corrected chi connectivity index (χ3v) is 13.0. The Kier molecular flexibility index (Phi) is 15.6. The molecule has 0 aromatic heterocycles. The Labute approximate surface area is 289 Å². The lowest BCUT2D eigenvalue weighted by molar-refractivity contribution is -0.139. The van der Waals surface area contributed by atoms with Crippen LogP contribution in [0.3, 0.4) is 0 Å². The van der Waals surface area contributed by atoms with Gasteiger partial charge < -0.3 is 26.0 Å². The molecule has 13 heteroatoms. The second-order valence-electron chi connectivity index (χ2n) is 15.5. The number of amides is 3. The number of carboxylic acid groups (broad SMARTS) is 1. The standard InChI is InChI=1S/C35H63N5O7S/c1-25(2)19-21-39(32(42)24-40(22-20-33(43)44)48(46,47)29-12-7-6-8-13-29)23-31(41)35(4,5)38-28-17-15-27(16-18-28)36-34(45)37-30-14-10-9-11-26(30)3/h25-30,38H,6-24H2,1-5H3,(H,43,44)(H2,36,37,45). The van der Waals surface area contributed by atoms with Crippen molar-refractivity contribution >= 4 is 33.7 Å². The van der Waals surface area contributed by atoms with E-state index in [9.17, 15) is 32.7 Å². The van der Waals surface area contributed by atoms with E-state index in [0.717, 1.165) is 68.5 Å². The third-order valence-electron chi connectivity index (χ3n) is 10.6. The van der Waals surface area contributed by atoms with E-state index in [1.54, 1.807) is 0 Å². The molecule has 3 fully saturated rings. The van der Waals surface area contributed by atoms with Crippen molar-refractivity contribution in [3.8, 4) is 0 Å². The van der Waals surface area contributed by atoms with Crippen molar-refractivity contribution in [3.63, 3.8) is 0 Å². The highest BCUT2D eigenvalue weighted by Gasteiger charge is 2.37. The molecule has 0 radical (unpaired) electrons. The zero-order chi connectivity index (χ0) is 35.5. The molecule has 12 nitrogen and oxygen atoms in total. The average molecular weight is 698 g/mol. The molecule has 3 saturated carbocycles. The molecule has 0 aromatic carbocycles. The minimum Gasteiger partial charge on any atom is -0.481 e. The van der Waals surface area contributed by atoms with Gasteiger partial charge >= 0.3 is 12.0 Å². The van der Waals surface area contributed by atoms with E-state index in [-0.39, 0.29) is 48.9 Å². The number of carbonyl (C=O) groups excluding carboxylic acids is 3. The number of ketones is 1. The molecule has 0 aromatic rings. The second kappa shape index (κ2) is 18.7. The maximum atomic E-state index is 13.7. The van der Waals surface area contributed by atoms with Gasteiger partial charge in [-0.25, -0.2) is 13.2 Å². The van der Waals surface area contributed by atoms with Crippen LogP contribution < -0.4 is 16.0 Å². The molecule has 0 bridgehead atoms. The van der Waals surface area contributed by atoms with Crippen LogP contribution in [-0.4, -0.2) is 102 Å². The molecule has 2 unspecified atom stereocenters. The molecule has 3 aliphatic carbocycles. The van der Waals surface area contributed by atoms with Crippen LogP contribution in [0.15, 0.2) is 0 Å². The Morgan fingerprint density at radius 3 is 2.02 bits per heavy atom. The molecular formula is C35H63N5O7S. The second-order valence-corrected chi connectivity index (χ2v) is 17.7. The number of carboxylic acids is 1. The summed E-state index contributed by atoms with van der Waals surface area (Å²) in [5.74, 6) is -1.04. The van der Waals surface area contributed by atoms with E-state index < -0.39 is 45.7 Å². The molecule has 0 spiro atoms. The summed E-state index contributed by atoms with van der Waals surface area (Å²) >= 11 is 0. The van der Waals surface area contributed by atoms with E-state index in [4.69, 9.17) is 0 Å². The summed E-state index contributed by atoms with van der Waals surface area (Å²) in [6.45, 7) is 9.25. The number of Topliss-reactive ketones (excluding diaryl/α,β-unsaturated/α-hetero) is 1. The maximum absolute atomic E-state index is 13.7. The molecule has 3 aliphatic rings. The van der Waals surface area contributed by atoms with Gasteiger partial charge in [-0.15, -0.1) is 0 Å². The average Bonchev–Trinajstić information content (AvgIpc) is 3.03. The van der Waals surface area contributed by atoms with E-state index in [1.807, 2.05) is 27.7 Å². The first kappa shape index (κ1) is 40.2. The normalized spacial score (nSPS) is 24.3. The Morgan fingerprint density at radius 1 is 0.812 bits per heavy atom. The fourth-order valence-corrected chi connectivity index (χ4v) is 9.30. The summed E-state index contributed by atoms with van der Waals surface area (Å²) in [7, 11) is -3.88. The molecule has 3 amide bonds. The van der Waals surface area contributed by atoms with Crippen LogP contribution in [0.2, 0.25) is 0 Å². The molecule has 276 valence electrons. The van der Waals surface area contributed by atoms with Gasteiger partial charge in [-0.1, -0.05) is 52.9 Å². The van der Waals surface area contributed by atoms with Crippen molar-refractivity contribution in [1.82, 2.24) is 25.2 Å². The first-order chi connectivity index (χ1) is 22.6. The number of hydrogen-bond acceptors (Lipinski definition) is 7. The Morgan fingerprint density at radius 2 is 1.42 bits per heavy atom. The van der Waals surface area contributed by atoms with Crippen LogP contribution in [-0.2, 0) is 24.4 Å². The van der Waals surface area contributed by atoms with Gasteiger partial charge in [-0.05, 0) is 83.5 Å². The van der Waals surface area contributed by atoms with Crippen molar-refractivity contribution in [1.29, 1.82) is 0 Å². The minimum absolute atomic E-state index is 0.0791. The number of nitrogens with zero attached hydrogens (tertiary/aromatic N) is 2. The fourth-order valence-electron chi connectivity index (χ4n) is 7.32. The lowest BCUT2D eigenvalue weighted by Gasteiger charge is -2.37. The smallest absolute Gasteiger partial charge is 0.315 e. The van der Waals surface area contributed by atoms with Gasteiger partial charge in [0.1, 0.15) is 0 Å². The lowest BCUT2D eigenvalue weighted by atomic mass is 9.86. The first-order valence-electron chi connectivity index (χ1n) is 18.4. The number of aliphatic carboxylic acids is 1. The van der Waals surface area contributed by atoms with Crippen molar-refractivity contribution in [2.24, 2.45) is 11.8 Å². The van der Waals surface area contributed by atoms with Gasteiger partial charge in [-0.3, -0.25) is 14.4 Å². The van der Waals surface area contributed by atoms with Gasteiger partial charge in [-0.2, -0.15) is 4.31 Å². The van der Waals surface area contributed by atoms with Gasteiger partial charge in [0.15, 0.2) is 5.78 Å². The van der Waals surface area contributed by atoms with Crippen LogP contribution in [0, 0.1) is 11.8 Å². The van der Waals surface area contributed by atoms with Gasteiger partial charge in [0.2, 0.25) is 15.9 Å². The number of hydrogen-bond donors (Lipinski definition) is 4. The molecule has 48 heavy (non-hydrogen) atoms. The van der Waals surface area contributed by atoms with E-state index in [0.29, 0.717) is 31.7 Å². The predicted molar refractivity (Wildman–Crippen MR) is 187 cm³/mol. The van der Waals surface area contributed by atoms with Crippen LogP contribution in [0.5, 0.6) is 0 Å². The number of sulfonamides is 1. The number of nitrogens with one attached hydrogen (secondary N) is 3. The predicted octanol–water partition coefficient (Wildman–Crippen LogP) is 4.43. The summed E-state index contributed by atoms with van der Waals surface area (Å²) in [6, 6.07) is 0.291. The lowest BCUT2D eigenvalue weighted by Crippen LogP contribution is -2.57. The Hall–Kier alpha value is -2.25. The molecule has 0 saturated heterocycles. The van der Waals surface area contributed by atoms with Crippen molar-refractivity contribution in [2.45, 2.75) is 160 Å². The molecule has 4 N–H and O–H groups in total. The van der Waals surface area contributed by atoms with Gasteiger partial charge in [0, 0.05) is 31.2 Å². The van der Waals surface area contributed by atoms with Crippen LogP contribution in [0.25, 0.3) is 0 Å². The zero-order valence-corrected chi connectivity index (χ0v) is 30.9. The number of carbonyl (C=O) groups is 4. The number of rotatable bonds is 17. The molecule has 3 rings (SSSR count). The zero-order valence-electron chi connectivity index (χ0n) is 30.1. The van der Waals surface area contributed by atoms with E-state index >= 15 is 0 Å². The quantitative estimate of drug-likeness (QED) is 0.173. The summed E-state index contributed by atoms with van der Waals surface area (Å²) in [4.78, 5) is 53.0. The monoisotopic (exact) mass is 697 g/mol. The highest BCUT2D eigenvalue weighted by atomic mass is 32.2. The summed E-state index contributed by atoms with van der Waals surface area (Å²) in [6.07, 6.45) is 11.5. The largest absolute Gasteiger partial charge is 0.481 e. The summed E-state index contributed by atoms with van der Waals surface area (Å²) < 4.78 is 28.2. The summed E-state index contributed by atoms with van der Waals surface area (Å²) in [5.41, 5.74) is -0.938. The Balaban J connectivity index is 1.58. The highest BCUT2D eigenvalue weighted by Crippen LogP contribution is 2.27. The maximum Gasteiger partial charge on any atom is 0.315 e. The van der Waals surface area contributed by atoms with Crippen LogP contribution in [0.4, 0.5) is 4.79 Å². The highest BCUT2D eigenvalue weighted by molar-refractivity contribution is 7.89. The molecule has 0 heterocycles. The van der Waals surface area contributed by atoms with Crippen LogP contribution in [0.1, 0.15) is 131 Å². The number of urea groups is 1. The van der Waals surface area contributed by atoms with Gasteiger partial charge in [0.05, 0.1) is 30.3 Å².